The second-order valence-electron chi connectivity index (χ2n) is 4.51. The van der Waals surface area contributed by atoms with Gasteiger partial charge in [-0.25, -0.2) is 4.39 Å². The smallest absolute Gasteiger partial charge is 0.127 e. The first kappa shape index (κ1) is 14.8. The normalized spacial score (nSPS) is 12.5. The number of hydrogen-bond acceptors (Lipinski definition) is 0. The topological polar surface area (TPSA) is 0 Å². The second-order valence-corrected chi connectivity index (χ2v) is 6.21. The van der Waals surface area contributed by atoms with Crippen LogP contribution in [0.2, 0.25) is 5.02 Å². The monoisotopic (exact) mass is 360 g/mol. The molecule has 2 aromatic carbocycles. The molecule has 1 atom stereocenters. The van der Waals surface area contributed by atoms with Gasteiger partial charge in [-0.3, -0.25) is 0 Å². The summed E-state index contributed by atoms with van der Waals surface area (Å²) in [5, 5.41) is -0.0717. The first-order valence-corrected chi connectivity index (χ1v) is 7.36. The average molecular weight is 362 g/mol. The van der Waals surface area contributed by atoms with Crippen molar-refractivity contribution < 1.29 is 4.39 Å². The Hall–Kier alpha value is -0.570. The maximum atomic E-state index is 13.4. The first-order valence-electron chi connectivity index (χ1n) is 5.76. The number of hydrogen-bond donors (Lipinski definition) is 0. The molecule has 0 heterocycles. The molecule has 2 rings (SSSR count). The molecule has 1 unspecified atom stereocenters. The minimum atomic E-state index is -0.416. The largest absolute Gasteiger partial charge is 0.207 e. The SMILES string of the molecule is Cc1ccc(Br)c(C(Cl)c2cc(C)c(F)cc2Cl)c1. The van der Waals surface area contributed by atoms with Crippen molar-refractivity contribution in [1.29, 1.82) is 0 Å². The average Bonchev–Trinajstić information content (AvgIpc) is 2.36. The number of benzene rings is 2. The third-order valence-electron chi connectivity index (χ3n) is 2.98. The molecule has 0 saturated carbocycles. The molecule has 0 fully saturated rings. The maximum absolute atomic E-state index is 13.4. The highest BCUT2D eigenvalue weighted by Crippen LogP contribution is 2.38. The molecular formula is C15H12BrCl2F. The third-order valence-corrected chi connectivity index (χ3v) is 4.50. The van der Waals surface area contributed by atoms with E-state index in [0.717, 1.165) is 15.6 Å². The zero-order valence-corrected chi connectivity index (χ0v) is 13.6. The molecular weight excluding hydrogens is 350 g/mol. The fourth-order valence-electron chi connectivity index (χ4n) is 1.90. The van der Waals surface area contributed by atoms with Gasteiger partial charge in [0, 0.05) is 9.50 Å². The van der Waals surface area contributed by atoms with Gasteiger partial charge in [0.15, 0.2) is 0 Å². The van der Waals surface area contributed by atoms with E-state index in [1.165, 1.54) is 6.07 Å². The number of alkyl halides is 1. The van der Waals surface area contributed by atoms with Crippen molar-refractivity contribution in [2.24, 2.45) is 0 Å². The fraction of sp³-hybridized carbons (Fsp3) is 0.200. The fourth-order valence-corrected chi connectivity index (χ4v) is 3.18. The molecule has 0 amide bonds. The van der Waals surface area contributed by atoms with Gasteiger partial charge in [0.1, 0.15) is 5.82 Å². The van der Waals surface area contributed by atoms with Gasteiger partial charge in [0.2, 0.25) is 0 Å². The van der Waals surface area contributed by atoms with E-state index in [4.69, 9.17) is 23.2 Å². The van der Waals surface area contributed by atoms with Crippen molar-refractivity contribution in [3.63, 3.8) is 0 Å². The van der Waals surface area contributed by atoms with Gasteiger partial charge >= 0.3 is 0 Å². The summed E-state index contributed by atoms with van der Waals surface area (Å²) >= 11 is 16.1. The summed E-state index contributed by atoms with van der Waals surface area (Å²) in [5.74, 6) is -0.319. The molecule has 0 saturated heterocycles. The number of halogens is 4. The van der Waals surface area contributed by atoms with Crippen molar-refractivity contribution in [3.8, 4) is 0 Å². The second kappa shape index (κ2) is 5.82. The van der Waals surface area contributed by atoms with Crippen LogP contribution >= 0.6 is 39.1 Å². The molecule has 0 aromatic heterocycles. The summed E-state index contributed by atoms with van der Waals surface area (Å²) in [7, 11) is 0. The molecule has 0 radical (unpaired) electrons. The molecule has 0 nitrogen and oxygen atoms in total. The lowest BCUT2D eigenvalue weighted by atomic mass is 10.0. The van der Waals surface area contributed by atoms with Crippen LogP contribution in [-0.2, 0) is 0 Å². The molecule has 4 heteroatoms. The molecule has 2 aromatic rings. The lowest BCUT2D eigenvalue weighted by Gasteiger charge is -2.15. The zero-order valence-electron chi connectivity index (χ0n) is 10.5. The van der Waals surface area contributed by atoms with Crippen LogP contribution < -0.4 is 0 Å². The predicted molar refractivity (Wildman–Crippen MR) is 82.7 cm³/mol. The van der Waals surface area contributed by atoms with Crippen molar-refractivity contribution in [2.75, 3.05) is 0 Å². The lowest BCUT2D eigenvalue weighted by Crippen LogP contribution is -1.98. The highest BCUT2D eigenvalue weighted by molar-refractivity contribution is 9.10. The third kappa shape index (κ3) is 3.13. The van der Waals surface area contributed by atoms with Crippen LogP contribution in [-0.4, -0.2) is 0 Å². The summed E-state index contributed by atoms with van der Waals surface area (Å²) < 4.78 is 14.3. The van der Waals surface area contributed by atoms with Crippen molar-refractivity contribution >= 4 is 39.1 Å². The van der Waals surface area contributed by atoms with Crippen molar-refractivity contribution in [3.05, 3.63) is 67.9 Å². The van der Waals surface area contributed by atoms with Crippen LogP contribution in [0.1, 0.15) is 27.6 Å². The van der Waals surface area contributed by atoms with E-state index in [2.05, 4.69) is 15.9 Å². The zero-order chi connectivity index (χ0) is 14.2. The van der Waals surface area contributed by atoms with E-state index < -0.39 is 5.38 Å². The van der Waals surface area contributed by atoms with E-state index in [9.17, 15) is 4.39 Å². The van der Waals surface area contributed by atoms with Gasteiger partial charge < -0.3 is 0 Å². The van der Waals surface area contributed by atoms with Gasteiger partial charge in [0.05, 0.1) is 5.38 Å². The van der Waals surface area contributed by atoms with Gasteiger partial charge in [0.25, 0.3) is 0 Å². The molecule has 100 valence electrons. The van der Waals surface area contributed by atoms with Crippen LogP contribution in [0.5, 0.6) is 0 Å². The van der Waals surface area contributed by atoms with E-state index in [1.54, 1.807) is 13.0 Å². The van der Waals surface area contributed by atoms with E-state index in [0.29, 0.717) is 16.1 Å². The minimum absolute atomic E-state index is 0.319. The lowest BCUT2D eigenvalue weighted by molar-refractivity contribution is 0.618. The standard InChI is InChI=1S/C15H12BrCl2F/c1-8-3-4-12(16)10(5-8)15(18)11-6-9(2)14(19)7-13(11)17/h3-7,15H,1-2H3. The minimum Gasteiger partial charge on any atom is -0.207 e. The maximum Gasteiger partial charge on any atom is 0.127 e. The molecule has 0 spiro atoms. The highest BCUT2D eigenvalue weighted by Gasteiger charge is 2.18. The Bertz CT molecular complexity index is 626. The highest BCUT2D eigenvalue weighted by atomic mass is 79.9. The summed E-state index contributed by atoms with van der Waals surface area (Å²) in [6, 6.07) is 8.95. The van der Waals surface area contributed by atoms with Crippen molar-refractivity contribution in [2.45, 2.75) is 19.2 Å². The van der Waals surface area contributed by atoms with Crippen LogP contribution in [0.25, 0.3) is 0 Å². The molecule has 19 heavy (non-hydrogen) atoms. The quantitative estimate of drug-likeness (QED) is 0.559. The summed E-state index contributed by atoms with van der Waals surface area (Å²) in [6.45, 7) is 3.70. The van der Waals surface area contributed by atoms with Crippen LogP contribution in [0.4, 0.5) is 4.39 Å². The molecule has 0 bridgehead atoms. The van der Waals surface area contributed by atoms with Gasteiger partial charge in [-0.15, -0.1) is 11.6 Å². The number of rotatable bonds is 2. The summed E-state index contributed by atoms with van der Waals surface area (Å²) in [4.78, 5) is 0. The van der Waals surface area contributed by atoms with Gasteiger partial charge in [-0.1, -0.05) is 45.2 Å². The summed E-state index contributed by atoms with van der Waals surface area (Å²) in [5.41, 5.74) is 3.29. The Morgan fingerprint density at radius 2 is 1.79 bits per heavy atom. The Morgan fingerprint density at radius 3 is 2.47 bits per heavy atom. The number of aryl methyl sites for hydroxylation is 2. The van der Waals surface area contributed by atoms with Gasteiger partial charge in [-0.05, 0) is 48.7 Å². The van der Waals surface area contributed by atoms with E-state index in [-0.39, 0.29) is 5.82 Å². The Labute approximate surface area is 130 Å². The molecule has 0 aliphatic carbocycles. The van der Waals surface area contributed by atoms with Crippen LogP contribution in [0.15, 0.2) is 34.8 Å². The van der Waals surface area contributed by atoms with Crippen LogP contribution in [0.3, 0.4) is 0 Å². The molecule has 0 aliphatic rings. The van der Waals surface area contributed by atoms with E-state index >= 15 is 0 Å². The molecule has 0 aliphatic heterocycles. The Kier molecular flexibility index (Phi) is 4.54. The predicted octanol–water partition coefficient (Wildman–Crippen LogP) is 6.19. The first-order chi connectivity index (χ1) is 8.90. The van der Waals surface area contributed by atoms with Gasteiger partial charge in [-0.2, -0.15) is 0 Å². The molecule has 0 N–H and O–H groups in total. The Morgan fingerprint density at radius 1 is 1.11 bits per heavy atom. The summed E-state index contributed by atoms with van der Waals surface area (Å²) in [6.07, 6.45) is 0. The Balaban J connectivity index is 2.52. The van der Waals surface area contributed by atoms with E-state index in [1.807, 2.05) is 25.1 Å². The van der Waals surface area contributed by atoms with Crippen LogP contribution in [0, 0.1) is 19.7 Å². The van der Waals surface area contributed by atoms with Crippen molar-refractivity contribution in [1.82, 2.24) is 0 Å².